The van der Waals surface area contributed by atoms with E-state index in [2.05, 4.69) is 4.72 Å². The molecule has 2 unspecified atom stereocenters. The molecule has 0 amide bonds. The molecule has 1 rings (SSSR count). The largest absolute Gasteiger partial charge is 0.391 e. The van der Waals surface area contributed by atoms with E-state index in [1.807, 2.05) is 6.92 Å². The molecule has 0 bridgehead atoms. The van der Waals surface area contributed by atoms with E-state index >= 15 is 0 Å². The van der Waals surface area contributed by atoms with Crippen molar-refractivity contribution in [3.05, 3.63) is 29.8 Å². The van der Waals surface area contributed by atoms with Crippen LogP contribution >= 0.6 is 0 Å². The quantitative estimate of drug-likeness (QED) is 0.838. The molecule has 0 saturated heterocycles. The molecule has 0 aliphatic carbocycles. The van der Waals surface area contributed by atoms with Crippen molar-refractivity contribution in [1.29, 1.82) is 0 Å². The molecule has 0 aliphatic heterocycles. The van der Waals surface area contributed by atoms with E-state index in [1.165, 1.54) is 0 Å². The number of rotatable bonds is 6. The predicted octanol–water partition coefficient (Wildman–Crippen LogP) is 1.65. The molecule has 0 fully saturated rings. The zero-order valence-corrected chi connectivity index (χ0v) is 11.5. The zero-order valence-electron chi connectivity index (χ0n) is 10.7. The number of halogens is 2. The van der Waals surface area contributed by atoms with E-state index in [0.717, 1.165) is 12.1 Å². The normalized spacial score (nSPS) is 15.2. The fraction of sp³-hybridized carbons (Fsp3) is 0.500. The highest BCUT2D eigenvalue weighted by Gasteiger charge is 2.19. The Hall–Kier alpha value is -1.05. The molecule has 1 aromatic rings. The van der Waals surface area contributed by atoms with Crippen molar-refractivity contribution < 1.29 is 22.3 Å². The van der Waals surface area contributed by atoms with Gasteiger partial charge in [0, 0.05) is 6.54 Å². The van der Waals surface area contributed by atoms with Crippen molar-refractivity contribution >= 4 is 10.0 Å². The van der Waals surface area contributed by atoms with Gasteiger partial charge in [-0.05, 0) is 24.1 Å². The van der Waals surface area contributed by atoms with Gasteiger partial charge in [-0.1, -0.05) is 20.3 Å². The molecule has 108 valence electrons. The summed E-state index contributed by atoms with van der Waals surface area (Å²) in [4.78, 5) is -0.372. The molecule has 19 heavy (non-hydrogen) atoms. The maximum Gasteiger partial charge on any atom is 0.240 e. The number of sulfonamides is 1. The lowest BCUT2D eigenvalue weighted by molar-refractivity contribution is 0.118. The van der Waals surface area contributed by atoms with Gasteiger partial charge in [0.1, 0.15) is 0 Å². The van der Waals surface area contributed by atoms with Crippen LogP contribution in [0.4, 0.5) is 8.78 Å². The molecule has 4 nitrogen and oxygen atoms in total. The van der Waals surface area contributed by atoms with Gasteiger partial charge in [0.2, 0.25) is 10.0 Å². The van der Waals surface area contributed by atoms with Gasteiger partial charge in [0.15, 0.2) is 11.6 Å². The van der Waals surface area contributed by atoms with Gasteiger partial charge in [0.25, 0.3) is 0 Å². The Morgan fingerprint density at radius 3 is 2.47 bits per heavy atom. The van der Waals surface area contributed by atoms with Crippen LogP contribution in [0.2, 0.25) is 0 Å². The summed E-state index contributed by atoms with van der Waals surface area (Å²) < 4.78 is 51.5. The summed E-state index contributed by atoms with van der Waals surface area (Å²) in [6, 6.07) is 2.32. The topological polar surface area (TPSA) is 66.4 Å². The van der Waals surface area contributed by atoms with Crippen LogP contribution in [0.1, 0.15) is 20.3 Å². The summed E-state index contributed by atoms with van der Waals surface area (Å²) in [5.41, 5.74) is 0. The first-order chi connectivity index (χ1) is 8.77. The molecule has 2 N–H and O–H groups in total. The third-order valence-electron chi connectivity index (χ3n) is 2.98. The predicted molar refractivity (Wildman–Crippen MR) is 67.0 cm³/mol. The van der Waals surface area contributed by atoms with Gasteiger partial charge in [-0.25, -0.2) is 21.9 Å². The summed E-state index contributed by atoms with van der Waals surface area (Å²) in [5, 5.41) is 9.67. The van der Waals surface area contributed by atoms with Crippen LogP contribution in [0.5, 0.6) is 0 Å². The molecule has 7 heteroatoms. The van der Waals surface area contributed by atoms with E-state index in [4.69, 9.17) is 0 Å². The smallest absolute Gasteiger partial charge is 0.240 e. The highest BCUT2D eigenvalue weighted by atomic mass is 32.2. The van der Waals surface area contributed by atoms with Crippen molar-refractivity contribution in [2.75, 3.05) is 6.54 Å². The number of aliphatic hydroxyl groups is 1. The number of nitrogens with one attached hydrogen (secondary N) is 1. The molecule has 0 aromatic heterocycles. The van der Waals surface area contributed by atoms with Gasteiger partial charge >= 0.3 is 0 Å². The summed E-state index contributed by atoms with van der Waals surface area (Å²) >= 11 is 0. The van der Waals surface area contributed by atoms with Crippen LogP contribution in [-0.4, -0.2) is 26.2 Å². The first-order valence-electron chi connectivity index (χ1n) is 5.90. The summed E-state index contributed by atoms with van der Waals surface area (Å²) in [5.74, 6) is -2.41. The van der Waals surface area contributed by atoms with Crippen LogP contribution in [-0.2, 0) is 10.0 Å². The Bertz CT molecular complexity index is 534. The second-order valence-corrected chi connectivity index (χ2v) is 6.15. The van der Waals surface area contributed by atoms with Crippen molar-refractivity contribution in [1.82, 2.24) is 4.72 Å². The second-order valence-electron chi connectivity index (χ2n) is 4.38. The van der Waals surface area contributed by atoms with E-state index in [0.29, 0.717) is 12.5 Å². The lowest BCUT2D eigenvalue weighted by Crippen LogP contribution is -2.35. The third-order valence-corrected chi connectivity index (χ3v) is 4.41. The van der Waals surface area contributed by atoms with Crippen LogP contribution in [0, 0.1) is 17.6 Å². The minimum absolute atomic E-state index is 0.0624. The van der Waals surface area contributed by atoms with Crippen LogP contribution < -0.4 is 4.72 Å². The van der Waals surface area contributed by atoms with E-state index in [1.54, 1.807) is 6.92 Å². The first kappa shape index (κ1) is 16.0. The molecular weight excluding hydrogens is 276 g/mol. The van der Waals surface area contributed by atoms with Crippen LogP contribution in [0.15, 0.2) is 23.1 Å². The second kappa shape index (κ2) is 6.40. The highest BCUT2D eigenvalue weighted by molar-refractivity contribution is 7.89. The zero-order chi connectivity index (χ0) is 14.6. The molecule has 0 aliphatic rings. The van der Waals surface area contributed by atoms with E-state index in [9.17, 15) is 22.3 Å². The standard InChI is InChI=1S/C12H17F2NO3S/c1-3-8(2)12(16)7-15-19(17,18)9-4-5-10(13)11(14)6-9/h4-6,8,12,15-16H,3,7H2,1-2H3. The molecule has 0 radical (unpaired) electrons. The molecule has 0 heterocycles. The molecule has 2 atom stereocenters. The van der Waals surface area contributed by atoms with Crippen molar-refractivity contribution in [2.24, 2.45) is 5.92 Å². The minimum Gasteiger partial charge on any atom is -0.391 e. The molecule has 0 saturated carbocycles. The van der Waals surface area contributed by atoms with Crippen LogP contribution in [0.3, 0.4) is 0 Å². The summed E-state index contributed by atoms with van der Waals surface area (Å²) in [6.45, 7) is 3.49. The Labute approximate surface area is 111 Å². The van der Waals surface area contributed by atoms with Gasteiger partial charge < -0.3 is 5.11 Å². The maximum absolute atomic E-state index is 13.0. The minimum atomic E-state index is -3.95. The van der Waals surface area contributed by atoms with Crippen molar-refractivity contribution in [3.63, 3.8) is 0 Å². The number of hydrogen-bond acceptors (Lipinski definition) is 3. The Balaban J connectivity index is 2.79. The monoisotopic (exact) mass is 293 g/mol. The molecular formula is C12H17F2NO3S. The van der Waals surface area contributed by atoms with Gasteiger partial charge in [-0.15, -0.1) is 0 Å². The first-order valence-corrected chi connectivity index (χ1v) is 7.39. The average molecular weight is 293 g/mol. The SMILES string of the molecule is CCC(C)C(O)CNS(=O)(=O)c1ccc(F)c(F)c1. The van der Waals surface area contributed by atoms with Crippen LogP contribution in [0.25, 0.3) is 0 Å². The fourth-order valence-corrected chi connectivity index (χ4v) is 2.46. The molecule has 0 spiro atoms. The highest BCUT2D eigenvalue weighted by Crippen LogP contribution is 2.14. The Kier molecular flexibility index (Phi) is 5.39. The summed E-state index contributed by atoms with van der Waals surface area (Å²) in [7, 11) is -3.95. The lowest BCUT2D eigenvalue weighted by atomic mass is 10.0. The van der Waals surface area contributed by atoms with E-state index < -0.39 is 27.8 Å². The number of benzene rings is 1. The summed E-state index contributed by atoms with van der Waals surface area (Å²) in [6.07, 6.45) is -0.126. The van der Waals surface area contributed by atoms with Crippen molar-refractivity contribution in [3.8, 4) is 0 Å². The number of aliphatic hydroxyl groups excluding tert-OH is 1. The Morgan fingerprint density at radius 1 is 1.32 bits per heavy atom. The Morgan fingerprint density at radius 2 is 1.95 bits per heavy atom. The lowest BCUT2D eigenvalue weighted by Gasteiger charge is -2.17. The van der Waals surface area contributed by atoms with Gasteiger partial charge in [-0.3, -0.25) is 0 Å². The third kappa shape index (κ3) is 4.22. The van der Waals surface area contributed by atoms with Gasteiger partial charge in [-0.2, -0.15) is 0 Å². The maximum atomic E-state index is 13.0. The number of hydrogen-bond donors (Lipinski definition) is 2. The fourth-order valence-electron chi connectivity index (χ4n) is 1.40. The van der Waals surface area contributed by atoms with Crippen molar-refractivity contribution in [2.45, 2.75) is 31.3 Å². The van der Waals surface area contributed by atoms with E-state index in [-0.39, 0.29) is 17.4 Å². The average Bonchev–Trinajstić information content (AvgIpc) is 2.38. The molecule has 1 aromatic carbocycles. The van der Waals surface area contributed by atoms with Gasteiger partial charge in [0.05, 0.1) is 11.0 Å².